The smallest absolute Gasteiger partial charge is 0.139 e. The van der Waals surface area contributed by atoms with E-state index < -0.39 is 0 Å². The summed E-state index contributed by atoms with van der Waals surface area (Å²) in [6.07, 6.45) is 1.81. The molecule has 0 aliphatic carbocycles. The number of pyridine rings is 1. The lowest BCUT2D eigenvalue weighted by atomic mass is 10.1. The summed E-state index contributed by atoms with van der Waals surface area (Å²) >= 11 is 0. The Morgan fingerprint density at radius 1 is 1.29 bits per heavy atom. The van der Waals surface area contributed by atoms with E-state index in [4.69, 9.17) is 10.5 Å². The number of nitrogens with zero attached hydrogens (tertiary/aromatic N) is 2. The minimum absolute atomic E-state index is 0.0234. The number of hydrogen-bond acceptors (Lipinski definition) is 4. The van der Waals surface area contributed by atoms with E-state index >= 15 is 0 Å². The highest BCUT2D eigenvalue weighted by Gasteiger charge is 2.14. The minimum atomic E-state index is -0.0234. The molecule has 0 aliphatic rings. The van der Waals surface area contributed by atoms with Crippen LogP contribution in [-0.4, -0.2) is 21.6 Å². The molecule has 0 spiro atoms. The van der Waals surface area contributed by atoms with E-state index in [-0.39, 0.29) is 6.61 Å². The maximum atomic E-state index is 9.23. The van der Waals surface area contributed by atoms with Crippen molar-refractivity contribution >= 4 is 11.5 Å². The summed E-state index contributed by atoms with van der Waals surface area (Å²) in [5, 5.41) is 9.23. The second-order valence-electron chi connectivity index (χ2n) is 4.95. The molecule has 5 heteroatoms. The molecular formula is C16H17N3O2. The van der Waals surface area contributed by atoms with Crippen LogP contribution in [0.1, 0.15) is 11.1 Å². The van der Waals surface area contributed by atoms with Gasteiger partial charge in [0.1, 0.15) is 22.9 Å². The summed E-state index contributed by atoms with van der Waals surface area (Å²) in [5.74, 6) is 1.37. The molecule has 3 N–H and O–H groups in total. The first kappa shape index (κ1) is 13.5. The van der Waals surface area contributed by atoms with Crippen molar-refractivity contribution in [3.63, 3.8) is 0 Å². The van der Waals surface area contributed by atoms with Gasteiger partial charge in [0.15, 0.2) is 0 Å². The first-order chi connectivity index (χ1) is 10.1. The van der Waals surface area contributed by atoms with Crippen molar-refractivity contribution < 1.29 is 9.84 Å². The fraction of sp³-hybridized carbons (Fsp3) is 0.188. The number of aliphatic hydroxyl groups excluding tert-OH is 1. The maximum absolute atomic E-state index is 9.23. The zero-order chi connectivity index (χ0) is 15.0. The Morgan fingerprint density at radius 2 is 2.10 bits per heavy atom. The summed E-state index contributed by atoms with van der Waals surface area (Å²) in [7, 11) is 1.64. The van der Waals surface area contributed by atoms with Gasteiger partial charge in [-0.05, 0) is 42.3 Å². The number of methoxy groups -OCH3 is 1. The monoisotopic (exact) mass is 283 g/mol. The number of aryl methyl sites for hydroxylation is 1. The van der Waals surface area contributed by atoms with Crippen molar-refractivity contribution in [3.8, 4) is 17.0 Å². The molecule has 0 saturated carbocycles. The van der Waals surface area contributed by atoms with Crippen molar-refractivity contribution in [1.82, 2.24) is 9.38 Å². The quantitative estimate of drug-likeness (QED) is 0.774. The molecule has 21 heavy (non-hydrogen) atoms. The van der Waals surface area contributed by atoms with E-state index in [0.29, 0.717) is 5.82 Å². The van der Waals surface area contributed by atoms with Crippen LogP contribution in [0, 0.1) is 6.92 Å². The molecule has 5 nitrogen and oxygen atoms in total. The Balaban J connectivity index is 2.18. The molecule has 3 rings (SSSR count). The third-order valence-corrected chi connectivity index (χ3v) is 3.59. The molecule has 0 radical (unpaired) electrons. The van der Waals surface area contributed by atoms with Gasteiger partial charge in [0.05, 0.1) is 13.7 Å². The number of imidazole rings is 1. The Bertz CT molecular complexity index is 809. The van der Waals surface area contributed by atoms with Gasteiger partial charge in [-0.3, -0.25) is 4.40 Å². The van der Waals surface area contributed by atoms with Crippen molar-refractivity contribution in [2.45, 2.75) is 13.5 Å². The highest BCUT2D eigenvalue weighted by atomic mass is 16.5. The van der Waals surface area contributed by atoms with Crippen LogP contribution in [0.5, 0.6) is 5.75 Å². The van der Waals surface area contributed by atoms with Crippen LogP contribution in [-0.2, 0) is 6.61 Å². The van der Waals surface area contributed by atoms with Gasteiger partial charge in [0, 0.05) is 11.8 Å². The van der Waals surface area contributed by atoms with Gasteiger partial charge in [-0.25, -0.2) is 4.98 Å². The molecule has 108 valence electrons. The molecule has 0 aliphatic heterocycles. The van der Waals surface area contributed by atoms with Gasteiger partial charge in [-0.15, -0.1) is 0 Å². The second kappa shape index (κ2) is 5.10. The van der Waals surface area contributed by atoms with Gasteiger partial charge in [-0.2, -0.15) is 0 Å². The van der Waals surface area contributed by atoms with E-state index in [2.05, 4.69) is 4.98 Å². The Labute approximate surface area is 122 Å². The lowest BCUT2D eigenvalue weighted by Gasteiger charge is -2.06. The zero-order valence-corrected chi connectivity index (χ0v) is 12.0. The molecule has 2 aromatic heterocycles. The van der Waals surface area contributed by atoms with Crippen LogP contribution in [0.15, 0.2) is 36.5 Å². The summed E-state index contributed by atoms with van der Waals surface area (Å²) in [4.78, 5) is 4.59. The van der Waals surface area contributed by atoms with Gasteiger partial charge in [0.2, 0.25) is 0 Å². The van der Waals surface area contributed by atoms with Gasteiger partial charge in [0.25, 0.3) is 0 Å². The van der Waals surface area contributed by atoms with Crippen LogP contribution < -0.4 is 10.5 Å². The van der Waals surface area contributed by atoms with Crippen LogP contribution in [0.3, 0.4) is 0 Å². The van der Waals surface area contributed by atoms with E-state index in [9.17, 15) is 5.11 Å². The van der Waals surface area contributed by atoms with Crippen LogP contribution >= 0.6 is 0 Å². The highest BCUT2D eigenvalue weighted by Crippen LogP contribution is 2.31. The van der Waals surface area contributed by atoms with Crippen LogP contribution in [0.2, 0.25) is 0 Å². The van der Waals surface area contributed by atoms with Gasteiger partial charge >= 0.3 is 0 Å². The fourth-order valence-corrected chi connectivity index (χ4v) is 2.43. The molecule has 0 amide bonds. The molecule has 0 atom stereocenters. The molecule has 3 aromatic rings. The van der Waals surface area contributed by atoms with E-state index in [1.54, 1.807) is 17.7 Å². The Hall–Kier alpha value is -2.53. The number of benzene rings is 1. The molecule has 0 unspecified atom stereocenters. The average molecular weight is 283 g/mol. The van der Waals surface area contributed by atoms with Crippen molar-refractivity contribution in [2.24, 2.45) is 0 Å². The number of nitrogens with two attached hydrogens (primary N) is 1. The van der Waals surface area contributed by atoms with Crippen LogP contribution in [0.4, 0.5) is 5.82 Å². The third kappa shape index (κ3) is 2.21. The van der Waals surface area contributed by atoms with Crippen LogP contribution in [0.25, 0.3) is 16.9 Å². The number of aromatic nitrogens is 2. The first-order valence-corrected chi connectivity index (χ1v) is 6.66. The number of nitrogen functional groups attached to an aromatic ring is 1. The molecular weight excluding hydrogens is 266 g/mol. The number of aliphatic hydroxyl groups is 1. The van der Waals surface area contributed by atoms with E-state index in [1.807, 2.05) is 37.3 Å². The van der Waals surface area contributed by atoms with E-state index in [0.717, 1.165) is 33.8 Å². The molecule has 0 fully saturated rings. The Morgan fingerprint density at radius 3 is 2.76 bits per heavy atom. The fourth-order valence-electron chi connectivity index (χ4n) is 2.43. The Kier molecular flexibility index (Phi) is 3.27. The maximum Gasteiger partial charge on any atom is 0.139 e. The number of hydrogen-bond donors (Lipinski definition) is 2. The third-order valence-electron chi connectivity index (χ3n) is 3.59. The number of anilines is 1. The van der Waals surface area contributed by atoms with Gasteiger partial charge in [-0.1, -0.05) is 6.07 Å². The normalized spacial score (nSPS) is 11.0. The zero-order valence-electron chi connectivity index (χ0n) is 12.0. The average Bonchev–Trinajstić information content (AvgIpc) is 2.83. The molecule has 0 bridgehead atoms. The minimum Gasteiger partial charge on any atom is -0.497 e. The molecule has 0 saturated heterocycles. The highest BCUT2D eigenvalue weighted by molar-refractivity contribution is 5.77. The lowest BCUT2D eigenvalue weighted by molar-refractivity contribution is 0.281. The van der Waals surface area contributed by atoms with Gasteiger partial charge < -0.3 is 15.6 Å². The standard InChI is InChI=1S/C16H17N3O2/c1-10-7-12(21-2)4-5-13(10)15-16(17)19-8-11(9-20)3-6-14(19)18-15/h3-8,20H,9,17H2,1-2H3. The SMILES string of the molecule is COc1ccc(-c2nc3ccc(CO)cn3c2N)c(C)c1. The first-order valence-electron chi connectivity index (χ1n) is 6.66. The summed E-state index contributed by atoms with van der Waals surface area (Å²) in [5.41, 5.74) is 10.5. The summed E-state index contributed by atoms with van der Waals surface area (Å²) < 4.78 is 7.02. The largest absolute Gasteiger partial charge is 0.497 e. The number of fused-ring (bicyclic) bond motifs is 1. The predicted molar refractivity (Wildman–Crippen MR) is 82.3 cm³/mol. The summed E-state index contributed by atoms with van der Waals surface area (Å²) in [6, 6.07) is 9.50. The number of ether oxygens (including phenoxy) is 1. The molecule has 1 aromatic carbocycles. The van der Waals surface area contributed by atoms with Crippen molar-refractivity contribution in [1.29, 1.82) is 0 Å². The van der Waals surface area contributed by atoms with Crippen molar-refractivity contribution in [2.75, 3.05) is 12.8 Å². The van der Waals surface area contributed by atoms with E-state index in [1.165, 1.54) is 0 Å². The van der Waals surface area contributed by atoms with Crippen molar-refractivity contribution in [3.05, 3.63) is 47.7 Å². The predicted octanol–water partition coefficient (Wildman–Crippen LogP) is 2.39. The topological polar surface area (TPSA) is 72.8 Å². The lowest BCUT2D eigenvalue weighted by Crippen LogP contribution is -1.96. The summed E-state index contributed by atoms with van der Waals surface area (Å²) in [6.45, 7) is 1.98. The second-order valence-corrected chi connectivity index (χ2v) is 4.95. The number of rotatable bonds is 3. The molecule has 2 heterocycles.